The van der Waals surface area contributed by atoms with Crippen LogP contribution in [0.5, 0.6) is 0 Å². The zero-order valence-electron chi connectivity index (χ0n) is 13.6. The van der Waals surface area contributed by atoms with Crippen LogP contribution in [0, 0.1) is 5.92 Å². The van der Waals surface area contributed by atoms with Crippen molar-refractivity contribution in [2.45, 2.75) is 30.8 Å². The molecule has 1 aliphatic rings. The van der Waals surface area contributed by atoms with Crippen LogP contribution in [-0.4, -0.2) is 51.4 Å². The van der Waals surface area contributed by atoms with Gasteiger partial charge in [-0.15, -0.1) is 11.6 Å². The maximum atomic E-state index is 12.1. The first kappa shape index (κ1) is 18.4. The van der Waals surface area contributed by atoms with Gasteiger partial charge < -0.3 is 15.3 Å². The molecule has 1 aliphatic heterocycles. The van der Waals surface area contributed by atoms with Crippen LogP contribution in [0.15, 0.2) is 23.1 Å². The average molecular weight is 361 g/mol. The first-order chi connectivity index (χ1) is 10.8. The number of rotatable bonds is 6. The zero-order valence-corrected chi connectivity index (χ0v) is 15.2. The van der Waals surface area contributed by atoms with E-state index in [1.54, 1.807) is 12.1 Å². The zero-order chi connectivity index (χ0) is 17.0. The number of nitrogens with zero attached hydrogens (tertiary/aromatic N) is 1. The van der Waals surface area contributed by atoms with E-state index in [4.69, 9.17) is 11.6 Å². The van der Waals surface area contributed by atoms with Crippen LogP contribution in [-0.2, 0) is 9.84 Å². The largest absolute Gasteiger partial charge is 0.390 e. The Morgan fingerprint density at radius 1 is 1.39 bits per heavy atom. The molecular weight excluding hydrogens is 336 g/mol. The summed E-state index contributed by atoms with van der Waals surface area (Å²) in [5.41, 5.74) is 1.53. The molecule has 5 nitrogen and oxygen atoms in total. The van der Waals surface area contributed by atoms with Crippen LogP contribution in [0.3, 0.4) is 0 Å². The van der Waals surface area contributed by atoms with Gasteiger partial charge in [0.1, 0.15) is 0 Å². The van der Waals surface area contributed by atoms with Crippen LogP contribution in [0.25, 0.3) is 0 Å². The molecular formula is C16H25ClN2O3S. The molecule has 23 heavy (non-hydrogen) atoms. The van der Waals surface area contributed by atoms with Crippen molar-refractivity contribution in [2.75, 3.05) is 42.0 Å². The molecule has 0 saturated carbocycles. The van der Waals surface area contributed by atoms with Crippen molar-refractivity contribution in [3.05, 3.63) is 18.2 Å². The summed E-state index contributed by atoms with van der Waals surface area (Å²) in [6.07, 6.45) is 2.73. The van der Waals surface area contributed by atoms with E-state index in [0.29, 0.717) is 17.4 Å². The summed E-state index contributed by atoms with van der Waals surface area (Å²) in [5.74, 6) is 0.832. The highest BCUT2D eigenvalue weighted by Crippen LogP contribution is 2.31. The van der Waals surface area contributed by atoms with Crippen LogP contribution >= 0.6 is 11.6 Å². The fourth-order valence-electron chi connectivity index (χ4n) is 2.73. The van der Waals surface area contributed by atoms with Crippen molar-refractivity contribution >= 4 is 32.8 Å². The maximum absolute atomic E-state index is 12.1. The second-order valence-corrected chi connectivity index (χ2v) is 8.61. The van der Waals surface area contributed by atoms with E-state index >= 15 is 0 Å². The molecule has 1 heterocycles. The number of hydrogen-bond donors (Lipinski definition) is 2. The van der Waals surface area contributed by atoms with E-state index in [-0.39, 0.29) is 5.88 Å². The van der Waals surface area contributed by atoms with E-state index in [1.807, 2.05) is 6.07 Å². The molecule has 2 N–H and O–H groups in total. The van der Waals surface area contributed by atoms with Gasteiger partial charge >= 0.3 is 0 Å². The van der Waals surface area contributed by atoms with Crippen molar-refractivity contribution in [1.82, 2.24) is 0 Å². The number of hydrogen-bond acceptors (Lipinski definition) is 5. The van der Waals surface area contributed by atoms with Crippen LogP contribution < -0.4 is 10.2 Å². The summed E-state index contributed by atoms with van der Waals surface area (Å²) in [7, 11) is -3.29. The SMILES string of the molecule is CC1CCN(c2cc(NCC(O)CCl)ccc2S(C)(=O)=O)CC1. The topological polar surface area (TPSA) is 69.6 Å². The molecule has 1 saturated heterocycles. The van der Waals surface area contributed by atoms with Crippen molar-refractivity contribution in [3.63, 3.8) is 0 Å². The van der Waals surface area contributed by atoms with Crippen LogP contribution in [0.4, 0.5) is 11.4 Å². The van der Waals surface area contributed by atoms with Gasteiger partial charge in [0, 0.05) is 31.6 Å². The summed E-state index contributed by atoms with van der Waals surface area (Å²) in [6.45, 7) is 4.27. The highest BCUT2D eigenvalue weighted by Gasteiger charge is 2.22. The minimum atomic E-state index is -3.29. The molecule has 0 bridgehead atoms. The third-order valence-corrected chi connectivity index (χ3v) is 5.70. The predicted molar refractivity (Wildman–Crippen MR) is 95.4 cm³/mol. The van der Waals surface area contributed by atoms with Gasteiger partial charge in [-0.1, -0.05) is 6.92 Å². The van der Waals surface area contributed by atoms with Crippen LogP contribution in [0.1, 0.15) is 19.8 Å². The number of sulfone groups is 1. The molecule has 1 atom stereocenters. The molecule has 0 spiro atoms. The number of halogens is 1. The average Bonchev–Trinajstić information content (AvgIpc) is 2.52. The summed E-state index contributed by atoms with van der Waals surface area (Å²) >= 11 is 5.59. The quantitative estimate of drug-likeness (QED) is 0.762. The first-order valence-corrected chi connectivity index (χ1v) is 10.3. The Morgan fingerprint density at radius 2 is 2.04 bits per heavy atom. The molecule has 0 aromatic heterocycles. The molecule has 1 fully saturated rings. The molecule has 0 radical (unpaired) electrons. The third-order valence-electron chi connectivity index (χ3n) is 4.20. The second kappa shape index (κ2) is 7.73. The molecule has 130 valence electrons. The van der Waals surface area contributed by atoms with E-state index in [0.717, 1.165) is 37.3 Å². The van der Waals surface area contributed by atoms with Gasteiger partial charge in [0.05, 0.1) is 22.6 Å². The number of alkyl halides is 1. The standard InChI is InChI=1S/C16H25ClN2O3S/c1-12-5-7-19(8-6-12)15-9-13(18-11-14(20)10-17)3-4-16(15)23(2,21)22/h3-4,9,12,14,18,20H,5-8,10-11H2,1-2H3. The Hall–Kier alpha value is -0.980. The summed E-state index contributed by atoms with van der Waals surface area (Å²) in [5, 5.41) is 12.7. The highest BCUT2D eigenvalue weighted by atomic mass is 35.5. The van der Waals surface area contributed by atoms with Crippen molar-refractivity contribution in [3.8, 4) is 0 Å². The number of anilines is 2. The number of nitrogens with one attached hydrogen (secondary N) is 1. The minimum absolute atomic E-state index is 0.158. The minimum Gasteiger partial charge on any atom is -0.390 e. The number of aliphatic hydroxyl groups excluding tert-OH is 1. The summed E-state index contributed by atoms with van der Waals surface area (Å²) in [6, 6.07) is 5.22. The van der Waals surface area contributed by atoms with Crippen molar-refractivity contribution in [1.29, 1.82) is 0 Å². The van der Waals surface area contributed by atoms with Gasteiger partial charge in [0.2, 0.25) is 0 Å². The fraction of sp³-hybridized carbons (Fsp3) is 0.625. The summed E-state index contributed by atoms with van der Waals surface area (Å²) < 4.78 is 24.2. The van der Waals surface area contributed by atoms with Gasteiger partial charge in [-0.3, -0.25) is 0 Å². The molecule has 0 aliphatic carbocycles. The van der Waals surface area contributed by atoms with Gasteiger partial charge in [-0.05, 0) is 37.0 Å². The first-order valence-electron chi connectivity index (χ1n) is 7.88. The number of benzene rings is 1. The van der Waals surface area contributed by atoms with Gasteiger partial charge in [0.25, 0.3) is 0 Å². The Kier molecular flexibility index (Phi) is 6.17. The molecule has 1 aromatic carbocycles. The predicted octanol–water partition coefficient (Wildman–Crippen LogP) is 2.34. The lowest BCUT2D eigenvalue weighted by molar-refractivity contribution is 0.211. The van der Waals surface area contributed by atoms with E-state index in [1.165, 1.54) is 6.26 Å². The van der Waals surface area contributed by atoms with Gasteiger partial charge in [-0.2, -0.15) is 0 Å². The Balaban J connectivity index is 2.27. The third kappa shape index (κ3) is 4.99. The Bertz CT molecular complexity index is 628. The monoisotopic (exact) mass is 360 g/mol. The highest BCUT2D eigenvalue weighted by molar-refractivity contribution is 7.90. The normalized spacial score (nSPS) is 18.0. The van der Waals surface area contributed by atoms with Crippen molar-refractivity contribution in [2.24, 2.45) is 5.92 Å². The lowest BCUT2D eigenvalue weighted by Gasteiger charge is -2.33. The number of aliphatic hydroxyl groups is 1. The molecule has 0 amide bonds. The summed E-state index contributed by atoms with van der Waals surface area (Å²) in [4.78, 5) is 2.50. The smallest absolute Gasteiger partial charge is 0.177 e. The Morgan fingerprint density at radius 3 is 2.61 bits per heavy atom. The van der Waals surface area contributed by atoms with Crippen LogP contribution in [0.2, 0.25) is 0 Å². The number of piperidine rings is 1. The van der Waals surface area contributed by atoms with Gasteiger partial charge in [0.15, 0.2) is 9.84 Å². The van der Waals surface area contributed by atoms with Gasteiger partial charge in [-0.25, -0.2) is 8.42 Å². The van der Waals surface area contributed by atoms with E-state index in [2.05, 4.69) is 17.1 Å². The lowest BCUT2D eigenvalue weighted by atomic mass is 9.99. The Labute approximate surface area is 143 Å². The van der Waals surface area contributed by atoms with Crippen molar-refractivity contribution < 1.29 is 13.5 Å². The second-order valence-electron chi connectivity index (χ2n) is 6.31. The van der Waals surface area contributed by atoms with E-state index in [9.17, 15) is 13.5 Å². The van der Waals surface area contributed by atoms with E-state index < -0.39 is 15.9 Å². The molecule has 1 unspecified atom stereocenters. The fourth-order valence-corrected chi connectivity index (χ4v) is 3.72. The maximum Gasteiger partial charge on any atom is 0.177 e. The molecule has 7 heteroatoms. The molecule has 2 rings (SSSR count). The molecule has 1 aromatic rings. The lowest BCUT2D eigenvalue weighted by Crippen LogP contribution is -2.33.